The number of likely N-dealkylation sites (tertiary alicyclic amines) is 1. The van der Waals surface area contributed by atoms with Crippen LogP contribution in [0.5, 0.6) is 0 Å². The maximum Gasteiger partial charge on any atom is 0.326 e. The molecule has 13 nitrogen and oxygen atoms in total. The number of hydrogen-bond donors (Lipinski definition) is 5. The van der Waals surface area contributed by atoms with E-state index >= 15 is 0 Å². The Morgan fingerprint density at radius 1 is 1.31 bits per heavy atom. The number of hydrogen-bond acceptors (Lipinski definition) is 6. The summed E-state index contributed by atoms with van der Waals surface area (Å²) in [6.45, 7) is 2.17. The fourth-order valence-corrected chi connectivity index (χ4v) is 3.77. The van der Waals surface area contributed by atoms with E-state index in [1.165, 1.54) is 17.4 Å². The molecule has 1 aliphatic heterocycles. The molecular formula is C19H27N7O6. The molecule has 0 aromatic carbocycles. The van der Waals surface area contributed by atoms with Crippen molar-refractivity contribution in [1.82, 2.24) is 30.2 Å². The first-order chi connectivity index (χ1) is 14.8. The van der Waals surface area contributed by atoms with E-state index in [1.807, 2.05) is 6.92 Å². The fourth-order valence-electron chi connectivity index (χ4n) is 3.77. The van der Waals surface area contributed by atoms with E-state index in [0.717, 1.165) is 0 Å². The van der Waals surface area contributed by atoms with Crippen LogP contribution in [-0.2, 0) is 22.4 Å². The third-order valence-corrected chi connectivity index (χ3v) is 5.22. The van der Waals surface area contributed by atoms with E-state index in [0.29, 0.717) is 31.5 Å². The number of primary amides is 1. The molecule has 1 saturated heterocycles. The molecule has 0 aliphatic carbocycles. The lowest BCUT2D eigenvalue weighted by Gasteiger charge is -2.27. The molecule has 0 saturated carbocycles. The number of carbonyl (C=O) groups is 3. The highest BCUT2D eigenvalue weighted by atomic mass is 16.2. The molecule has 1 fully saturated rings. The molecular weight excluding hydrogens is 422 g/mol. The van der Waals surface area contributed by atoms with Gasteiger partial charge in [-0.3, -0.25) is 24.2 Å². The van der Waals surface area contributed by atoms with Gasteiger partial charge >= 0.3 is 5.69 Å². The summed E-state index contributed by atoms with van der Waals surface area (Å²) in [6.07, 6.45) is 4.93. The quantitative estimate of drug-likeness (QED) is 0.299. The second kappa shape index (κ2) is 10.5. The van der Waals surface area contributed by atoms with Gasteiger partial charge < -0.3 is 31.4 Å². The number of nitrogens with two attached hydrogens (primary N) is 1. The SMILES string of the molecule is CCCc1c(C(=O)N[C@@H](Cc2cnc[nH]2)C(=O)N2CCC[C@H]2C(N)=O)[nH]c(=O)[nH]c1=O.O. The number of imidazole rings is 1. The number of amides is 3. The fraction of sp³-hybridized carbons (Fsp3) is 0.474. The summed E-state index contributed by atoms with van der Waals surface area (Å²) < 4.78 is 0. The number of aromatic nitrogens is 4. The summed E-state index contributed by atoms with van der Waals surface area (Å²) in [6, 6.07) is -1.81. The highest BCUT2D eigenvalue weighted by Gasteiger charge is 2.37. The molecule has 0 radical (unpaired) electrons. The van der Waals surface area contributed by atoms with Crippen molar-refractivity contribution in [3.8, 4) is 0 Å². The minimum atomic E-state index is -1.06. The summed E-state index contributed by atoms with van der Waals surface area (Å²) in [5.41, 5.74) is 4.48. The smallest absolute Gasteiger partial charge is 0.326 e. The Bertz CT molecular complexity index is 1070. The van der Waals surface area contributed by atoms with Crippen LogP contribution in [0.15, 0.2) is 22.1 Å². The average molecular weight is 449 g/mol. The molecule has 3 amide bonds. The normalized spacial score (nSPS) is 16.3. The molecule has 1 aliphatic rings. The van der Waals surface area contributed by atoms with Crippen molar-refractivity contribution in [1.29, 1.82) is 0 Å². The lowest BCUT2D eigenvalue weighted by Crippen LogP contribution is -2.54. The number of aromatic amines is 3. The number of carbonyl (C=O) groups excluding carboxylic acids is 3. The van der Waals surface area contributed by atoms with E-state index in [2.05, 4.69) is 25.3 Å². The lowest BCUT2D eigenvalue weighted by atomic mass is 10.1. The molecule has 2 aromatic rings. The first-order valence-electron chi connectivity index (χ1n) is 10.0. The standard InChI is InChI=1S/C19H25N7O5.H2O/c1-2-4-11-14(24-19(31)25-16(11)28)17(29)23-12(7-10-8-21-9-22-10)18(30)26-6-3-5-13(26)15(20)27;/h8-9,12-13H,2-7H2,1H3,(H2,20,27)(H,21,22)(H,23,29)(H2,24,25,28,31);1H2/t12-,13-;/m0./s1. The van der Waals surface area contributed by atoms with Crippen molar-refractivity contribution in [2.45, 2.75) is 51.1 Å². The second-order valence-corrected chi connectivity index (χ2v) is 7.41. The van der Waals surface area contributed by atoms with Crippen LogP contribution in [0.2, 0.25) is 0 Å². The van der Waals surface area contributed by atoms with Gasteiger partial charge in [-0.2, -0.15) is 0 Å². The Hall–Kier alpha value is -3.74. The molecule has 0 spiro atoms. The van der Waals surface area contributed by atoms with Gasteiger partial charge in [-0.25, -0.2) is 9.78 Å². The van der Waals surface area contributed by atoms with Crippen LogP contribution in [0.4, 0.5) is 0 Å². The van der Waals surface area contributed by atoms with Gasteiger partial charge in [0.05, 0.1) is 6.33 Å². The zero-order valence-corrected chi connectivity index (χ0v) is 17.6. The highest BCUT2D eigenvalue weighted by molar-refractivity contribution is 5.98. The van der Waals surface area contributed by atoms with Crippen molar-refractivity contribution in [3.63, 3.8) is 0 Å². The Balaban J connectivity index is 0.00000363. The Morgan fingerprint density at radius 2 is 2.06 bits per heavy atom. The van der Waals surface area contributed by atoms with Gasteiger partial charge in [0.25, 0.3) is 11.5 Å². The van der Waals surface area contributed by atoms with Crippen molar-refractivity contribution in [2.24, 2.45) is 5.73 Å². The third kappa shape index (κ3) is 5.29. The topological polar surface area (TPSA) is 218 Å². The number of nitrogens with one attached hydrogen (secondary N) is 4. The van der Waals surface area contributed by atoms with E-state index in [1.54, 1.807) is 0 Å². The summed E-state index contributed by atoms with van der Waals surface area (Å²) in [7, 11) is 0. The maximum atomic E-state index is 13.2. The highest BCUT2D eigenvalue weighted by Crippen LogP contribution is 2.19. The van der Waals surface area contributed by atoms with E-state index in [-0.39, 0.29) is 29.6 Å². The monoisotopic (exact) mass is 449 g/mol. The van der Waals surface area contributed by atoms with Gasteiger partial charge in [0.15, 0.2) is 0 Å². The largest absolute Gasteiger partial charge is 0.412 e. The molecule has 0 unspecified atom stereocenters. The van der Waals surface area contributed by atoms with E-state index in [9.17, 15) is 24.0 Å². The summed E-state index contributed by atoms with van der Waals surface area (Å²) in [5, 5.41) is 2.61. The molecule has 2 atom stereocenters. The van der Waals surface area contributed by atoms with E-state index in [4.69, 9.17) is 5.73 Å². The third-order valence-electron chi connectivity index (χ3n) is 5.22. The Morgan fingerprint density at radius 3 is 2.69 bits per heavy atom. The lowest BCUT2D eigenvalue weighted by molar-refractivity contribution is -0.138. The summed E-state index contributed by atoms with van der Waals surface area (Å²) in [5.74, 6) is -1.85. The zero-order chi connectivity index (χ0) is 22.5. The summed E-state index contributed by atoms with van der Waals surface area (Å²) >= 11 is 0. The van der Waals surface area contributed by atoms with Gasteiger partial charge in [0, 0.05) is 30.4 Å². The molecule has 32 heavy (non-hydrogen) atoms. The van der Waals surface area contributed by atoms with Crippen LogP contribution in [0.25, 0.3) is 0 Å². The van der Waals surface area contributed by atoms with Gasteiger partial charge in [-0.15, -0.1) is 0 Å². The molecule has 8 N–H and O–H groups in total. The average Bonchev–Trinajstić information content (AvgIpc) is 3.40. The molecule has 2 aromatic heterocycles. The number of rotatable bonds is 8. The zero-order valence-electron chi connectivity index (χ0n) is 17.6. The Kier molecular flexibility index (Phi) is 8.07. The second-order valence-electron chi connectivity index (χ2n) is 7.41. The van der Waals surface area contributed by atoms with Crippen LogP contribution in [-0.4, -0.2) is 66.7 Å². The first-order valence-corrected chi connectivity index (χ1v) is 10.0. The molecule has 3 heterocycles. The maximum absolute atomic E-state index is 13.2. The number of nitrogens with zero attached hydrogens (tertiary/aromatic N) is 2. The molecule has 13 heteroatoms. The van der Waals surface area contributed by atoms with E-state index < -0.39 is 41.1 Å². The minimum Gasteiger partial charge on any atom is -0.412 e. The van der Waals surface area contributed by atoms with Crippen molar-refractivity contribution in [2.75, 3.05) is 6.54 Å². The molecule has 0 bridgehead atoms. The molecule has 3 rings (SSSR count). The minimum absolute atomic E-state index is 0. The van der Waals surface area contributed by atoms with Gasteiger partial charge in [-0.1, -0.05) is 13.3 Å². The van der Waals surface area contributed by atoms with Gasteiger partial charge in [0.1, 0.15) is 17.8 Å². The predicted molar refractivity (Wildman–Crippen MR) is 113 cm³/mol. The van der Waals surface area contributed by atoms with Crippen LogP contribution in [0.3, 0.4) is 0 Å². The summed E-state index contributed by atoms with van der Waals surface area (Å²) in [4.78, 5) is 74.5. The van der Waals surface area contributed by atoms with Crippen molar-refractivity contribution in [3.05, 3.63) is 50.3 Å². The van der Waals surface area contributed by atoms with Crippen molar-refractivity contribution >= 4 is 17.7 Å². The van der Waals surface area contributed by atoms with Crippen LogP contribution >= 0.6 is 0 Å². The van der Waals surface area contributed by atoms with Gasteiger partial charge in [0.2, 0.25) is 11.8 Å². The van der Waals surface area contributed by atoms with Crippen LogP contribution < -0.4 is 22.3 Å². The van der Waals surface area contributed by atoms with Crippen LogP contribution in [0.1, 0.15) is 47.9 Å². The van der Waals surface area contributed by atoms with Crippen molar-refractivity contribution < 1.29 is 19.9 Å². The Labute approximate surface area is 182 Å². The van der Waals surface area contributed by atoms with Crippen LogP contribution in [0, 0.1) is 0 Å². The van der Waals surface area contributed by atoms with Gasteiger partial charge in [-0.05, 0) is 19.3 Å². The predicted octanol–water partition coefficient (Wildman–Crippen LogP) is -2.27. The number of H-pyrrole nitrogens is 3. The first kappa shape index (κ1) is 24.5. The molecule has 174 valence electrons.